The van der Waals surface area contributed by atoms with Gasteiger partial charge in [0.25, 0.3) is 0 Å². The zero-order chi connectivity index (χ0) is 18.4. The van der Waals surface area contributed by atoms with E-state index in [1.807, 2.05) is 30.3 Å². The highest BCUT2D eigenvalue weighted by Crippen LogP contribution is 2.24. The second-order valence-corrected chi connectivity index (χ2v) is 6.18. The largest absolute Gasteiger partial charge is 0.508 e. The predicted molar refractivity (Wildman–Crippen MR) is 110 cm³/mol. The van der Waals surface area contributed by atoms with Crippen molar-refractivity contribution < 1.29 is 5.11 Å². The van der Waals surface area contributed by atoms with Crippen LogP contribution in [0.1, 0.15) is 25.0 Å². The fraction of sp³-hybridized carbons (Fsp3) is 0.227. The minimum atomic E-state index is 0.287. The minimum Gasteiger partial charge on any atom is -0.508 e. The molecule has 0 bridgehead atoms. The van der Waals surface area contributed by atoms with Gasteiger partial charge in [0.1, 0.15) is 5.75 Å². The van der Waals surface area contributed by atoms with Crippen LogP contribution in [0, 0.1) is 0 Å². The van der Waals surface area contributed by atoms with E-state index in [2.05, 4.69) is 53.5 Å². The maximum absolute atomic E-state index is 10.2. The first-order valence-corrected chi connectivity index (χ1v) is 9.02. The van der Waals surface area contributed by atoms with Crippen molar-refractivity contribution in [2.24, 2.45) is 5.10 Å². The van der Waals surface area contributed by atoms with Gasteiger partial charge in [0.05, 0.1) is 12.8 Å². The molecule has 134 valence electrons. The molecule has 0 saturated heterocycles. The number of hydrogen-bond donors (Lipinski definition) is 2. The summed E-state index contributed by atoms with van der Waals surface area (Å²) in [6, 6.07) is 20.1. The van der Waals surface area contributed by atoms with Crippen LogP contribution in [0.25, 0.3) is 10.8 Å². The standard InChI is InChI=1S/C22H25N3O/c1-3-25(4-2)21-11-9-17(10-12-21)15-23-24-16-20-13-18-7-5-6-8-19(18)14-22(20)26/h5-15,24,26H,3-4,16H2,1-2H3/b23-15+. The van der Waals surface area contributed by atoms with Crippen molar-refractivity contribution in [2.45, 2.75) is 20.4 Å². The normalized spacial score (nSPS) is 11.2. The van der Waals surface area contributed by atoms with Crippen LogP contribution in [0.5, 0.6) is 5.75 Å². The quantitative estimate of drug-likeness (QED) is 0.488. The third-order valence-corrected chi connectivity index (χ3v) is 4.54. The number of hydrazone groups is 1. The summed E-state index contributed by atoms with van der Waals surface area (Å²) in [5, 5.41) is 16.6. The molecule has 0 saturated carbocycles. The summed E-state index contributed by atoms with van der Waals surface area (Å²) in [5.41, 5.74) is 6.11. The van der Waals surface area contributed by atoms with Crippen LogP contribution in [-0.2, 0) is 6.54 Å². The van der Waals surface area contributed by atoms with Gasteiger partial charge in [-0.25, -0.2) is 0 Å². The number of aromatic hydroxyl groups is 1. The van der Waals surface area contributed by atoms with Gasteiger partial charge in [0.2, 0.25) is 0 Å². The second kappa shape index (κ2) is 8.39. The van der Waals surface area contributed by atoms with Crippen LogP contribution in [-0.4, -0.2) is 24.4 Å². The fourth-order valence-corrected chi connectivity index (χ4v) is 3.03. The van der Waals surface area contributed by atoms with Gasteiger partial charge in [0.15, 0.2) is 0 Å². The molecule has 0 aromatic heterocycles. The van der Waals surface area contributed by atoms with E-state index in [1.165, 1.54) is 5.69 Å². The Hall–Kier alpha value is -3.01. The summed E-state index contributed by atoms with van der Waals surface area (Å²) in [7, 11) is 0. The number of phenols is 1. The molecule has 0 amide bonds. The van der Waals surface area contributed by atoms with Gasteiger partial charge < -0.3 is 15.4 Å². The van der Waals surface area contributed by atoms with E-state index in [9.17, 15) is 5.11 Å². The summed E-state index contributed by atoms with van der Waals surface area (Å²) in [6.45, 7) is 6.79. The molecule has 0 unspecified atom stereocenters. The van der Waals surface area contributed by atoms with Crippen molar-refractivity contribution in [3.8, 4) is 5.75 Å². The number of fused-ring (bicyclic) bond motifs is 1. The highest BCUT2D eigenvalue weighted by atomic mass is 16.3. The van der Waals surface area contributed by atoms with E-state index in [4.69, 9.17) is 0 Å². The number of benzene rings is 3. The fourth-order valence-electron chi connectivity index (χ4n) is 3.03. The van der Waals surface area contributed by atoms with Gasteiger partial charge in [-0.05, 0) is 54.4 Å². The van der Waals surface area contributed by atoms with Crippen LogP contribution in [0.15, 0.2) is 65.8 Å². The molecule has 0 heterocycles. The molecule has 0 fully saturated rings. The Morgan fingerprint density at radius 1 is 0.962 bits per heavy atom. The molecular weight excluding hydrogens is 322 g/mol. The molecule has 0 aliphatic rings. The van der Waals surface area contributed by atoms with Gasteiger partial charge >= 0.3 is 0 Å². The average Bonchev–Trinajstić information content (AvgIpc) is 2.67. The Balaban J connectivity index is 1.62. The number of rotatable bonds is 7. The SMILES string of the molecule is CCN(CC)c1ccc(/C=N/NCc2cc3ccccc3cc2O)cc1. The number of anilines is 1. The molecule has 0 radical (unpaired) electrons. The zero-order valence-corrected chi connectivity index (χ0v) is 15.3. The molecule has 0 atom stereocenters. The highest BCUT2D eigenvalue weighted by molar-refractivity contribution is 5.85. The third kappa shape index (κ3) is 4.14. The molecule has 0 spiro atoms. The first kappa shape index (κ1) is 17.8. The minimum absolute atomic E-state index is 0.287. The number of hydrogen-bond acceptors (Lipinski definition) is 4. The zero-order valence-electron chi connectivity index (χ0n) is 15.3. The number of nitrogens with zero attached hydrogens (tertiary/aromatic N) is 2. The lowest BCUT2D eigenvalue weighted by Gasteiger charge is -2.20. The van der Waals surface area contributed by atoms with Crippen LogP contribution in [0.2, 0.25) is 0 Å². The van der Waals surface area contributed by atoms with Crippen LogP contribution in [0.4, 0.5) is 5.69 Å². The molecule has 4 heteroatoms. The van der Waals surface area contributed by atoms with Crippen molar-refractivity contribution in [1.82, 2.24) is 5.43 Å². The molecule has 4 nitrogen and oxygen atoms in total. The molecule has 26 heavy (non-hydrogen) atoms. The third-order valence-electron chi connectivity index (χ3n) is 4.54. The Labute approximate surface area is 154 Å². The van der Waals surface area contributed by atoms with Gasteiger partial charge in [-0.3, -0.25) is 0 Å². The molecule has 3 aromatic carbocycles. The number of phenolic OH excluding ortho intramolecular Hbond substituents is 1. The Morgan fingerprint density at radius 3 is 2.27 bits per heavy atom. The van der Waals surface area contributed by atoms with E-state index < -0.39 is 0 Å². The summed E-state index contributed by atoms with van der Waals surface area (Å²) in [5.74, 6) is 0.287. The Bertz CT molecular complexity index is 884. The van der Waals surface area contributed by atoms with E-state index in [-0.39, 0.29) is 5.75 Å². The van der Waals surface area contributed by atoms with Crippen molar-refractivity contribution in [1.29, 1.82) is 0 Å². The first-order chi connectivity index (χ1) is 12.7. The molecule has 0 aliphatic carbocycles. The summed E-state index contributed by atoms with van der Waals surface area (Å²) in [4.78, 5) is 2.31. The van der Waals surface area contributed by atoms with E-state index in [1.54, 1.807) is 12.3 Å². The average molecular weight is 347 g/mol. The Kier molecular flexibility index (Phi) is 5.74. The van der Waals surface area contributed by atoms with Crippen molar-refractivity contribution in [3.63, 3.8) is 0 Å². The van der Waals surface area contributed by atoms with Crippen LogP contribution < -0.4 is 10.3 Å². The number of nitrogens with one attached hydrogen (secondary N) is 1. The van der Waals surface area contributed by atoms with Crippen molar-refractivity contribution in [3.05, 3.63) is 71.8 Å². The lowest BCUT2D eigenvalue weighted by Crippen LogP contribution is -2.21. The molecule has 0 aliphatic heterocycles. The van der Waals surface area contributed by atoms with E-state index in [0.29, 0.717) is 6.54 Å². The molecular formula is C22H25N3O. The lowest BCUT2D eigenvalue weighted by molar-refractivity contribution is 0.466. The van der Waals surface area contributed by atoms with Gasteiger partial charge in [-0.15, -0.1) is 0 Å². The smallest absolute Gasteiger partial charge is 0.121 e. The summed E-state index contributed by atoms with van der Waals surface area (Å²) in [6.07, 6.45) is 1.80. The summed E-state index contributed by atoms with van der Waals surface area (Å²) < 4.78 is 0. The van der Waals surface area contributed by atoms with Crippen LogP contribution >= 0.6 is 0 Å². The topological polar surface area (TPSA) is 47.9 Å². The maximum atomic E-state index is 10.2. The monoisotopic (exact) mass is 347 g/mol. The molecule has 2 N–H and O–H groups in total. The van der Waals surface area contributed by atoms with Gasteiger partial charge in [-0.1, -0.05) is 36.4 Å². The highest BCUT2D eigenvalue weighted by Gasteiger charge is 2.03. The van der Waals surface area contributed by atoms with E-state index in [0.717, 1.165) is 35.0 Å². The molecule has 3 aromatic rings. The maximum Gasteiger partial charge on any atom is 0.121 e. The second-order valence-electron chi connectivity index (χ2n) is 6.18. The summed E-state index contributed by atoms with van der Waals surface area (Å²) >= 11 is 0. The lowest BCUT2D eigenvalue weighted by atomic mass is 10.1. The van der Waals surface area contributed by atoms with Crippen molar-refractivity contribution in [2.75, 3.05) is 18.0 Å². The first-order valence-electron chi connectivity index (χ1n) is 9.02. The van der Waals surface area contributed by atoms with Crippen molar-refractivity contribution >= 4 is 22.7 Å². The predicted octanol–water partition coefficient (Wildman–Crippen LogP) is 4.52. The van der Waals surface area contributed by atoms with E-state index >= 15 is 0 Å². The van der Waals surface area contributed by atoms with Gasteiger partial charge in [-0.2, -0.15) is 5.10 Å². The Morgan fingerprint density at radius 2 is 1.62 bits per heavy atom. The van der Waals surface area contributed by atoms with Crippen LogP contribution in [0.3, 0.4) is 0 Å². The van der Waals surface area contributed by atoms with Gasteiger partial charge in [0, 0.05) is 24.3 Å². The molecule has 3 rings (SSSR count).